The summed E-state index contributed by atoms with van der Waals surface area (Å²) in [5, 5.41) is 15.6. The van der Waals surface area contributed by atoms with Gasteiger partial charge in [0, 0.05) is 29.7 Å². The molecule has 1 fully saturated rings. The predicted molar refractivity (Wildman–Crippen MR) is 118 cm³/mol. The Bertz CT molecular complexity index is 1380. The minimum Gasteiger partial charge on any atom is -0.478 e. The van der Waals surface area contributed by atoms with E-state index < -0.39 is 38.5 Å². The number of carboxylic acid groups (broad SMARTS) is 1. The molecule has 180 valence electrons. The summed E-state index contributed by atoms with van der Waals surface area (Å²) in [6, 6.07) is 6.59. The molecule has 0 aliphatic carbocycles. The fourth-order valence-corrected chi connectivity index (χ4v) is 5.23. The van der Waals surface area contributed by atoms with E-state index in [1.807, 2.05) is 0 Å². The number of hydrogen-bond donors (Lipinski definition) is 3. The van der Waals surface area contributed by atoms with Gasteiger partial charge in [0.2, 0.25) is 9.84 Å². The molecule has 1 aromatic heterocycles. The van der Waals surface area contributed by atoms with Crippen molar-refractivity contribution in [2.45, 2.75) is 16.5 Å². The number of aromatic carboxylic acids is 1. The van der Waals surface area contributed by atoms with Gasteiger partial charge in [0.25, 0.3) is 0 Å². The van der Waals surface area contributed by atoms with Gasteiger partial charge < -0.3 is 20.5 Å². The minimum absolute atomic E-state index is 0.00993. The largest absolute Gasteiger partial charge is 0.478 e. The monoisotopic (exact) mass is 515 g/mol. The van der Waals surface area contributed by atoms with Crippen LogP contribution in [-0.2, 0) is 20.8 Å². The van der Waals surface area contributed by atoms with Crippen LogP contribution in [0.25, 0.3) is 10.9 Å². The molecular formula is C21H17ClF3N3O5S. The second-order valence-corrected chi connectivity index (χ2v) is 9.89. The number of nitrogens with one attached hydrogen (secondary N) is 2. The van der Waals surface area contributed by atoms with Gasteiger partial charge in [-0.05, 0) is 36.4 Å². The topological polar surface area (TPSA) is 118 Å². The number of rotatable bonds is 5. The maximum Gasteiger partial charge on any atom is 0.416 e. The summed E-state index contributed by atoms with van der Waals surface area (Å²) in [6.07, 6.45) is -3.67. The van der Waals surface area contributed by atoms with Gasteiger partial charge in [0.05, 0.1) is 34.6 Å². The Hall–Kier alpha value is -2.93. The number of sulfone groups is 1. The van der Waals surface area contributed by atoms with E-state index in [1.165, 1.54) is 18.2 Å². The number of fused-ring (bicyclic) bond motifs is 1. The highest BCUT2D eigenvalue weighted by Gasteiger charge is 2.35. The molecule has 0 saturated carbocycles. The summed E-state index contributed by atoms with van der Waals surface area (Å²) < 4.78 is 71.6. The van der Waals surface area contributed by atoms with Crippen molar-refractivity contribution in [1.29, 1.82) is 0 Å². The van der Waals surface area contributed by atoms with Crippen LogP contribution in [0.3, 0.4) is 0 Å². The molecule has 4 rings (SSSR count). The Morgan fingerprint density at radius 3 is 2.65 bits per heavy atom. The Kier molecular flexibility index (Phi) is 6.42. The van der Waals surface area contributed by atoms with Crippen LogP contribution in [0.15, 0.2) is 47.5 Å². The number of halogens is 4. The van der Waals surface area contributed by atoms with E-state index in [4.69, 9.17) is 16.3 Å². The lowest BCUT2D eigenvalue weighted by Crippen LogP contribution is -2.43. The highest BCUT2D eigenvalue weighted by molar-refractivity contribution is 7.92. The van der Waals surface area contributed by atoms with Crippen LogP contribution in [-0.4, -0.2) is 49.6 Å². The first-order valence-electron chi connectivity index (χ1n) is 9.84. The van der Waals surface area contributed by atoms with E-state index in [0.717, 1.165) is 12.3 Å². The summed E-state index contributed by atoms with van der Waals surface area (Å²) in [5.41, 5.74) is -3.09. The molecule has 1 atom stereocenters. The third-order valence-corrected chi connectivity index (χ3v) is 7.33. The highest BCUT2D eigenvalue weighted by atomic mass is 35.5. The average Bonchev–Trinajstić information content (AvgIpc) is 2.79. The smallest absolute Gasteiger partial charge is 0.416 e. The molecule has 1 saturated heterocycles. The fourth-order valence-electron chi connectivity index (χ4n) is 3.51. The van der Waals surface area contributed by atoms with Gasteiger partial charge in [-0.25, -0.2) is 13.2 Å². The predicted octanol–water partition coefficient (Wildman–Crippen LogP) is 4.07. The SMILES string of the molecule is O=C(O)c1cc(C(F)(F)F)ccc1Nc1c(S(=O)(=O)C2CNCCO2)cnc2ccc(Cl)cc12. The number of anilines is 2. The molecule has 2 aromatic carbocycles. The van der Waals surface area contributed by atoms with Crippen molar-refractivity contribution in [2.24, 2.45) is 0 Å². The number of benzene rings is 2. The number of alkyl halides is 3. The van der Waals surface area contributed by atoms with Crippen molar-refractivity contribution in [3.05, 3.63) is 58.7 Å². The third-order valence-electron chi connectivity index (χ3n) is 5.18. The molecule has 13 heteroatoms. The zero-order chi connectivity index (χ0) is 24.7. The lowest BCUT2D eigenvalue weighted by atomic mass is 10.1. The highest BCUT2D eigenvalue weighted by Crippen LogP contribution is 2.38. The van der Waals surface area contributed by atoms with Gasteiger partial charge in [-0.1, -0.05) is 11.6 Å². The van der Waals surface area contributed by atoms with E-state index in [1.54, 1.807) is 0 Å². The first-order valence-corrected chi connectivity index (χ1v) is 11.8. The second kappa shape index (κ2) is 9.02. The minimum atomic E-state index is -4.76. The van der Waals surface area contributed by atoms with Crippen molar-refractivity contribution < 1.29 is 36.2 Å². The Labute approximate surface area is 196 Å². The standard InChI is InChI=1S/C21H17ClF3N3O5S/c22-12-2-4-15-13(8-12)19(17(9-27-15)34(31,32)18-10-26-5-6-33-18)28-16-3-1-11(21(23,24)25)7-14(16)20(29)30/h1-4,7-9,18,26H,5-6,10H2,(H,27,28)(H,29,30). The molecule has 1 aliphatic rings. The normalized spacial score (nSPS) is 17.0. The van der Waals surface area contributed by atoms with Gasteiger partial charge in [0.15, 0.2) is 5.44 Å². The molecule has 0 bridgehead atoms. The van der Waals surface area contributed by atoms with Gasteiger partial charge in [-0.3, -0.25) is 4.98 Å². The van der Waals surface area contributed by atoms with E-state index in [-0.39, 0.29) is 39.8 Å². The van der Waals surface area contributed by atoms with Crippen LogP contribution in [0.5, 0.6) is 0 Å². The lowest BCUT2D eigenvalue weighted by Gasteiger charge is -2.25. The average molecular weight is 516 g/mol. The summed E-state index contributed by atoms with van der Waals surface area (Å²) in [6.45, 7) is 0.633. The first kappa shape index (κ1) is 24.2. The lowest BCUT2D eigenvalue weighted by molar-refractivity contribution is -0.137. The van der Waals surface area contributed by atoms with Gasteiger partial charge in [-0.15, -0.1) is 0 Å². The Morgan fingerprint density at radius 1 is 1.24 bits per heavy atom. The fraction of sp³-hybridized carbons (Fsp3) is 0.238. The number of nitrogens with zero attached hydrogens (tertiary/aromatic N) is 1. The molecule has 34 heavy (non-hydrogen) atoms. The molecule has 0 amide bonds. The molecule has 3 N–H and O–H groups in total. The second-order valence-electron chi connectivity index (χ2n) is 7.40. The molecule has 0 spiro atoms. The summed E-state index contributed by atoms with van der Waals surface area (Å²) in [5.74, 6) is -1.63. The molecule has 2 heterocycles. The van der Waals surface area contributed by atoms with E-state index in [9.17, 15) is 31.5 Å². The van der Waals surface area contributed by atoms with Crippen LogP contribution < -0.4 is 10.6 Å². The first-order chi connectivity index (χ1) is 16.0. The maximum absolute atomic E-state index is 13.4. The molecule has 3 aromatic rings. The number of morpholine rings is 1. The number of carboxylic acids is 1. The van der Waals surface area contributed by atoms with Gasteiger partial charge in [-0.2, -0.15) is 13.2 Å². The van der Waals surface area contributed by atoms with E-state index in [0.29, 0.717) is 24.2 Å². The zero-order valence-electron chi connectivity index (χ0n) is 17.2. The molecule has 8 nitrogen and oxygen atoms in total. The van der Waals surface area contributed by atoms with Crippen LogP contribution in [0.2, 0.25) is 5.02 Å². The number of ether oxygens (including phenoxy) is 1. The zero-order valence-corrected chi connectivity index (χ0v) is 18.8. The van der Waals surface area contributed by atoms with Crippen molar-refractivity contribution in [3.8, 4) is 0 Å². The summed E-state index contributed by atoms with van der Waals surface area (Å²) >= 11 is 6.10. The van der Waals surface area contributed by atoms with Crippen molar-refractivity contribution in [2.75, 3.05) is 25.0 Å². The summed E-state index contributed by atoms with van der Waals surface area (Å²) in [7, 11) is -4.16. The van der Waals surface area contributed by atoms with Crippen molar-refractivity contribution in [3.63, 3.8) is 0 Å². The van der Waals surface area contributed by atoms with E-state index in [2.05, 4.69) is 15.6 Å². The molecular weight excluding hydrogens is 499 g/mol. The van der Waals surface area contributed by atoms with Gasteiger partial charge >= 0.3 is 12.1 Å². The Morgan fingerprint density at radius 2 is 2.00 bits per heavy atom. The Balaban J connectivity index is 1.92. The maximum atomic E-state index is 13.4. The number of hydrogen-bond acceptors (Lipinski definition) is 7. The molecule has 0 radical (unpaired) electrons. The van der Waals surface area contributed by atoms with E-state index >= 15 is 0 Å². The quantitative estimate of drug-likeness (QED) is 0.465. The summed E-state index contributed by atoms with van der Waals surface area (Å²) in [4.78, 5) is 15.6. The van der Waals surface area contributed by atoms with Crippen molar-refractivity contribution in [1.82, 2.24) is 10.3 Å². The van der Waals surface area contributed by atoms with Crippen LogP contribution in [0, 0.1) is 0 Å². The van der Waals surface area contributed by atoms with Crippen LogP contribution in [0.1, 0.15) is 15.9 Å². The van der Waals surface area contributed by atoms with Gasteiger partial charge in [0.1, 0.15) is 4.90 Å². The molecule has 1 unspecified atom stereocenters. The van der Waals surface area contributed by atoms with Crippen molar-refractivity contribution >= 4 is 49.7 Å². The number of pyridine rings is 1. The van der Waals surface area contributed by atoms with Crippen LogP contribution in [0.4, 0.5) is 24.5 Å². The number of aromatic nitrogens is 1. The molecule has 1 aliphatic heterocycles. The number of carbonyl (C=O) groups is 1. The third kappa shape index (κ3) is 4.67. The van der Waals surface area contributed by atoms with Crippen LogP contribution >= 0.6 is 11.6 Å².